The summed E-state index contributed by atoms with van der Waals surface area (Å²) in [5.74, 6) is -0.387. The minimum Gasteiger partial charge on any atom is -0.398 e. The van der Waals surface area contributed by atoms with E-state index in [1.54, 1.807) is 26.8 Å². The number of hydrogen-bond donors (Lipinski definition) is 2. The number of nitrogens with one attached hydrogen (secondary N) is 1. The van der Waals surface area contributed by atoms with Gasteiger partial charge in [0.15, 0.2) is 0 Å². The topological polar surface area (TPSA) is 72.2 Å². The molecule has 0 aliphatic rings. The fourth-order valence-electron chi connectivity index (χ4n) is 2.01. The molecule has 0 aliphatic heterocycles. The zero-order valence-corrected chi connectivity index (χ0v) is 13.5. The summed E-state index contributed by atoms with van der Waals surface area (Å²) in [4.78, 5) is 0.0302. The highest BCUT2D eigenvalue weighted by Gasteiger charge is 2.28. The zero-order chi connectivity index (χ0) is 16.4. The van der Waals surface area contributed by atoms with Crippen molar-refractivity contribution in [3.63, 3.8) is 0 Å². The smallest absolute Gasteiger partial charge is 0.398 e. The highest BCUT2D eigenvalue weighted by Crippen LogP contribution is 2.30. The lowest BCUT2D eigenvalue weighted by molar-refractivity contribution is -0.0327. The molecule has 21 heavy (non-hydrogen) atoms. The summed E-state index contributed by atoms with van der Waals surface area (Å²) in [6.07, 6.45) is 0. The van der Waals surface area contributed by atoms with Crippen LogP contribution in [0, 0.1) is 20.8 Å². The van der Waals surface area contributed by atoms with Crippen LogP contribution in [0.1, 0.15) is 16.7 Å². The minimum atomic E-state index is -4.37. The third-order valence-electron chi connectivity index (χ3n) is 2.89. The van der Waals surface area contributed by atoms with Gasteiger partial charge in [-0.3, -0.25) is 0 Å². The van der Waals surface area contributed by atoms with Crippen molar-refractivity contribution in [3.05, 3.63) is 22.8 Å². The maximum atomic E-state index is 12.2. The minimum absolute atomic E-state index is 0.0302. The third kappa shape index (κ3) is 4.79. The van der Waals surface area contributed by atoms with Gasteiger partial charge in [0.1, 0.15) is 0 Å². The van der Waals surface area contributed by atoms with Gasteiger partial charge in [0.05, 0.1) is 4.90 Å². The molecule has 4 nitrogen and oxygen atoms in total. The van der Waals surface area contributed by atoms with Gasteiger partial charge in [0.25, 0.3) is 0 Å². The predicted molar refractivity (Wildman–Crippen MR) is 78.8 cm³/mol. The van der Waals surface area contributed by atoms with Crippen molar-refractivity contribution < 1.29 is 21.6 Å². The number of anilines is 1. The lowest BCUT2D eigenvalue weighted by Gasteiger charge is -2.15. The first-order valence-corrected chi connectivity index (χ1v) is 8.49. The highest BCUT2D eigenvalue weighted by atomic mass is 32.2. The average Bonchev–Trinajstić information content (AvgIpc) is 2.30. The number of aryl methyl sites for hydroxylation is 2. The molecule has 0 unspecified atom stereocenters. The molecule has 1 aromatic rings. The Morgan fingerprint density at radius 3 is 2.33 bits per heavy atom. The molecular weight excluding hydrogens is 325 g/mol. The fraction of sp³-hybridized carbons (Fsp3) is 0.500. The first-order chi connectivity index (χ1) is 9.46. The van der Waals surface area contributed by atoms with Crippen molar-refractivity contribution in [2.45, 2.75) is 31.2 Å². The molecule has 0 atom stereocenters. The monoisotopic (exact) mass is 342 g/mol. The second kappa shape index (κ2) is 6.45. The van der Waals surface area contributed by atoms with Crippen LogP contribution in [0.5, 0.6) is 0 Å². The second-order valence-corrected chi connectivity index (χ2v) is 7.43. The molecule has 0 radical (unpaired) electrons. The van der Waals surface area contributed by atoms with E-state index in [0.717, 1.165) is 5.56 Å². The molecule has 120 valence electrons. The van der Waals surface area contributed by atoms with Crippen molar-refractivity contribution in [2.75, 3.05) is 18.0 Å². The Hall–Kier alpha value is -0.930. The van der Waals surface area contributed by atoms with E-state index in [9.17, 15) is 21.6 Å². The molecule has 1 rings (SSSR count). The Kier molecular flexibility index (Phi) is 5.57. The van der Waals surface area contributed by atoms with E-state index in [1.807, 2.05) is 0 Å². The number of benzene rings is 1. The average molecular weight is 342 g/mol. The third-order valence-corrected chi connectivity index (χ3v) is 5.37. The van der Waals surface area contributed by atoms with Crippen LogP contribution in [0.3, 0.4) is 0 Å². The van der Waals surface area contributed by atoms with Gasteiger partial charge in [0, 0.05) is 18.0 Å². The van der Waals surface area contributed by atoms with Gasteiger partial charge in [-0.1, -0.05) is 6.07 Å². The quantitative estimate of drug-likeness (QED) is 0.637. The molecule has 0 aliphatic carbocycles. The first kappa shape index (κ1) is 18.1. The summed E-state index contributed by atoms with van der Waals surface area (Å²) in [6, 6.07) is 1.64. The van der Waals surface area contributed by atoms with Gasteiger partial charge in [-0.2, -0.15) is 13.2 Å². The van der Waals surface area contributed by atoms with Crippen molar-refractivity contribution in [1.29, 1.82) is 0 Å². The normalized spacial score (nSPS) is 12.7. The van der Waals surface area contributed by atoms with Crippen molar-refractivity contribution in [2.24, 2.45) is 0 Å². The Morgan fingerprint density at radius 2 is 1.81 bits per heavy atom. The molecule has 9 heteroatoms. The Morgan fingerprint density at radius 1 is 1.24 bits per heavy atom. The molecule has 0 saturated heterocycles. The molecule has 0 saturated carbocycles. The van der Waals surface area contributed by atoms with Crippen molar-refractivity contribution >= 4 is 27.5 Å². The van der Waals surface area contributed by atoms with Gasteiger partial charge in [-0.15, -0.1) is 0 Å². The van der Waals surface area contributed by atoms with Crippen LogP contribution in [0.4, 0.5) is 18.9 Å². The van der Waals surface area contributed by atoms with E-state index in [4.69, 9.17) is 5.73 Å². The van der Waals surface area contributed by atoms with Crippen LogP contribution in [0.2, 0.25) is 0 Å². The van der Waals surface area contributed by atoms with Crippen molar-refractivity contribution in [1.82, 2.24) is 4.72 Å². The number of alkyl halides is 3. The summed E-state index contributed by atoms with van der Waals surface area (Å²) in [5.41, 5.74) is 3.49. The summed E-state index contributed by atoms with van der Waals surface area (Å²) in [5, 5.41) is 0. The number of rotatable bonds is 5. The summed E-state index contributed by atoms with van der Waals surface area (Å²) < 4.78 is 62.6. The lowest BCUT2D eigenvalue weighted by atomic mass is 10.1. The standard InChI is InChI=1S/C12H17F3N2O2S2/c1-7-6-8(2)11(9(3)10(7)16)21(18,19)17-4-5-20-12(13,14)15/h6,17H,4-5,16H2,1-3H3. The molecule has 0 bridgehead atoms. The molecule has 0 amide bonds. The number of nitrogens with two attached hydrogens (primary N) is 1. The lowest BCUT2D eigenvalue weighted by Crippen LogP contribution is -2.28. The summed E-state index contributed by atoms with van der Waals surface area (Å²) >= 11 is -0.268. The highest BCUT2D eigenvalue weighted by molar-refractivity contribution is 8.00. The second-order valence-electron chi connectivity index (χ2n) is 4.57. The molecule has 1 aromatic carbocycles. The molecule has 0 heterocycles. The van der Waals surface area contributed by atoms with Crippen LogP contribution >= 0.6 is 11.8 Å². The molecule has 0 fully saturated rings. The van der Waals surface area contributed by atoms with Crippen LogP contribution < -0.4 is 10.5 Å². The van der Waals surface area contributed by atoms with Gasteiger partial charge in [-0.05, 0) is 49.2 Å². The van der Waals surface area contributed by atoms with E-state index in [0.29, 0.717) is 16.8 Å². The van der Waals surface area contributed by atoms with Crippen LogP contribution in [-0.2, 0) is 10.0 Å². The van der Waals surface area contributed by atoms with Crippen LogP contribution in [0.25, 0.3) is 0 Å². The molecular formula is C12H17F3N2O2S2. The van der Waals surface area contributed by atoms with E-state index in [-0.39, 0.29) is 29.0 Å². The maximum Gasteiger partial charge on any atom is 0.441 e. The largest absolute Gasteiger partial charge is 0.441 e. The Balaban J connectivity index is 2.92. The van der Waals surface area contributed by atoms with Crippen LogP contribution in [0.15, 0.2) is 11.0 Å². The van der Waals surface area contributed by atoms with Gasteiger partial charge < -0.3 is 5.73 Å². The van der Waals surface area contributed by atoms with Gasteiger partial charge in [0.2, 0.25) is 10.0 Å². The van der Waals surface area contributed by atoms with Gasteiger partial charge >= 0.3 is 5.51 Å². The Labute approximate surface area is 126 Å². The molecule has 3 N–H and O–H groups in total. The van der Waals surface area contributed by atoms with E-state index in [2.05, 4.69) is 4.72 Å². The fourth-order valence-corrected chi connectivity index (χ4v) is 4.09. The van der Waals surface area contributed by atoms with E-state index >= 15 is 0 Å². The van der Waals surface area contributed by atoms with E-state index in [1.165, 1.54) is 0 Å². The number of halogens is 3. The number of nitrogen functional groups attached to an aromatic ring is 1. The summed E-state index contributed by atoms with van der Waals surface area (Å²) in [6.45, 7) is 4.66. The number of thioether (sulfide) groups is 1. The summed E-state index contributed by atoms with van der Waals surface area (Å²) in [7, 11) is -3.89. The van der Waals surface area contributed by atoms with Crippen molar-refractivity contribution in [3.8, 4) is 0 Å². The Bertz CT molecular complexity index is 628. The van der Waals surface area contributed by atoms with Gasteiger partial charge in [-0.25, -0.2) is 13.1 Å². The predicted octanol–water partition coefficient (Wildman–Crippen LogP) is 2.73. The number of sulfonamides is 1. The molecule has 0 aromatic heterocycles. The zero-order valence-electron chi connectivity index (χ0n) is 11.8. The SMILES string of the molecule is Cc1cc(C)c(S(=O)(=O)NCCSC(F)(F)F)c(C)c1N. The number of hydrogen-bond acceptors (Lipinski definition) is 4. The van der Waals surface area contributed by atoms with E-state index < -0.39 is 15.5 Å². The first-order valence-electron chi connectivity index (χ1n) is 6.02. The molecule has 0 spiro atoms. The maximum absolute atomic E-state index is 12.2. The van der Waals surface area contributed by atoms with Crippen LogP contribution in [-0.4, -0.2) is 26.2 Å².